The van der Waals surface area contributed by atoms with Crippen LogP contribution in [0.3, 0.4) is 0 Å². The molecule has 1 saturated heterocycles. The van der Waals surface area contributed by atoms with Gasteiger partial charge in [0.05, 0.1) is 6.04 Å². The normalized spacial score (nSPS) is 18.7. The number of alkyl carbamates (subject to hydrolysis) is 1. The number of anilines is 1. The lowest BCUT2D eigenvalue weighted by molar-refractivity contribution is 0.0509. The minimum Gasteiger partial charge on any atom is -0.444 e. The number of tetrazole rings is 1. The van der Waals surface area contributed by atoms with Crippen molar-refractivity contribution in [3.8, 4) is 0 Å². The van der Waals surface area contributed by atoms with Crippen LogP contribution in [0.4, 0.5) is 10.6 Å². The highest BCUT2D eigenvalue weighted by Crippen LogP contribution is 2.18. The minimum absolute atomic E-state index is 0.0428. The summed E-state index contributed by atoms with van der Waals surface area (Å²) >= 11 is 0. The standard InChI is InChI=1S/C13H19N7O2/c1-13(2,3)22-12(21)14-9-6-7-19(8-9)11-5-4-10-15-17-18-20(10)16-11/h4-5,9H,6-8H2,1-3H3,(H,14,21). The van der Waals surface area contributed by atoms with E-state index in [9.17, 15) is 4.79 Å². The van der Waals surface area contributed by atoms with Crippen LogP contribution in [0.2, 0.25) is 0 Å². The molecule has 1 amide bonds. The highest BCUT2D eigenvalue weighted by molar-refractivity contribution is 5.68. The second kappa shape index (κ2) is 5.39. The van der Waals surface area contributed by atoms with Gasteiger partial charge in [-0.1, -0.05) is 0 Å². The molecular weight excluding hydrogens is 286 g/mol. The van der Waals surface area contributed by atoms with E-state index in [1.165, 1.54) is 4.63 Å². The molecule has 1 fully saturated rings. The zero-order valence-corrected chi connectivity index (χ0v) is 12.9. The van der Waals surface area contributed by atoms with Crippen molar-refractivity contribution < 1.29 is 9.53 Å². The first kappa shape index (κ1) is 14.5. The van der Waals surface area contributed by atoms with Crippen molar-refractivity contribution in [3.05, 3.63) is 12.1 Å². The zero-order chi connectivity index (χ0) is 15.7. The maximum Gasteiger partial charge on any atom is 0.407 e. The van der Waals surface area contributed by atoms with Crippen molar-refractivity contribution in [3.63, 3.8) is 0 Å². The lowest BCUT2D eigenvalue weighted by Crippen LogP contribution is -2.40. The first-order valence-electron chi connectivity index (χ1n) is 7.21. The number of hydrogen-bond donors (Lipinski definition) is 1. The summed E-state index contributed by atoms with van der Waals surface area (Å²) in [6, 6.07) is 3.74. The number of carbonyl (C=O) groups is 1. The van der Waals surface area contributed by atoms with E-state index in [1.54, 1.807) is 0 Å². The molecule has 1 N–H and O–H groups in total. The number of nitrogens with one attached hydrogen (secondary N) is 1. The van der Waals surface area contributed by atoms with Crippen molar-refractivity contribution in [1.29, 1.82) is 0 Å². The molecule has 2 aromatic rings. The van der Waals surface area contributed by atoms with Crippen molar-refractivity contribution in [2.24, 2.45) is 0 Å². The second-order valence-electron chi connectivity index (χ2n) is 6.30. The summed E-state index contributed by atoms with van der Waals surface area (Å²) in [5.41, 5.74) is 0.112. The molecule has 9 heteroatoms. The Kier molecular flexibility index (Phi) is 3.55. The van der Waals surface area contributed by atoms with Crippen LogP contribution in [-0.4, -0.2) is 56.1 Å². The number of hydrogen-bond acceptors (Lipinski definition) is 7. The van der Waals surface area contributed by atoms with Gasteiger partial charge in [0.1, 0.15) is 5.60 Å². The Labute approximate surface area is 127 Å². The first-order chi connectivity index (χ1) is 10.4. The molecule has 0 aliphatic carbocycles. The largest absolute Gasteiger partial charge is 0.444 e. The Bertz CT molecular complexity index is 678. The smallest absolute Gasteiger partial charge is 0.407 e. The molecule has 0 bridgehead atoms. The van der Waals surface area contributed by atoms with E-state index in [4.69, 9.17) is 4.74 Å². The molecule has 1 aliphatic heterocycles. The van der Waals surface area contributed by atoms with Crippen LogP contribution >= 0.6 is 0 Å². The SMILES string of the molecule is CC(C)(C)OC(=O)NC1CCN(c2ccc3nnnn3n2)C1. The van der Waals surface area contributed by atoms with Gasteiger partial charge >= 0.3 is 6.09 Å². The van der Waals surface area contributed by atoms with Crippen LogP contribution in [0.5, 0.6) is 0 Å². The number of amides is 1. The minimum atomic E-state index is -0.491. The van der Waals surface area contributed by atoms with Gasteiger partial charge in [-0.25, -0.2) is 4.79 Å². The lowest BCUT2D eigenvalue weighted by Gasteiger charge is -2.22. The highest BCUT2D eigenvalue weighted by atomic mass is 16.6. The Balaban J connectivity index is 1.61. The van der Waals surface area contributed by atoms with Gasteiger partial charge in [0.2, 0.25) is 0 Å². The topological polar surface area (TPSA) is 97.5 Å². The first-order valence-corrected chi connectivity index (χ1v) is 7.21. The van der Waals surface area contributed by atoms with Crippen LogP contribution in [0.25, 0.3) is 5.65 Å². The number of nitrogens with zero attached hydrogens (tertiary/aromatic N) is 6. The molecule has 22 heavy (non-hydrogen) atoms. The van der Waals surface area contributed by atoms with E-state index in [0.29, 0.717) is 12.2 Å². The van der Waals surface area contributed by atoms with Crippen molar-refractivity contribution in [2.45, 2.75) is 38.8 Å². The van der Waals surface area contributed by atoms with Crippen molar-refractivity contribution >= 4 is 17.6 Å². The van der Waals surface area contributed by atoms with Crippen molar-refractivity contribution in [2.75, 3.05) is 18.0 Å². The average molecular weight is 305 g/mol. The molecule has 2 aromatic heterocycles. The van der Waals surface area contributed by atoms with Gasteiger partial charge in [0, 0.05) is 13.1 Å². The van der Waals surface area contributed by atoms with Crippen molar-refractivity contribution in [1.82, 2.24) is 30.6 Å². The molecule has 118 valence electrons. The van der Waals surface area contributed by atoms with Gasteiger partial charge in [0.25, 0.3) is 0 Å². The van der Waals surface area contributed by atoms with E-state index < -0.39 is 5.60 Å². The fraction of sp³-hybridized carbons (Fsp3) is 0.615. The predicted molar refractivity (Wildman–Crippen MR) is 78.6 cm³/mol. The molecule has 3 rings (SSSR count). The van der Waals surface area contributed by atoms with Gasteiger partial charge in [-0.2, -0.15) is 0 Å². The van der Waals surface area contributed by atoms with E-state index >= 15 is 0 Å². The molecule has 0 saturated carbocycles. The number of fused-ring (bicyclic) bond motifs is 1. The Morgan fingerprint density at radius 3 is 3.00 bits per heavy atom. The molecule has 0 aromatic carbocycles. The number of rotatable bonds is 2. The van der Waals surface area contributed by atoms with Gasteiger partial charge in [-0.15, -0.1) is 14.8 Å². The van der Waals surface area contributed by atoms with Crippen LogP contribution < -0.4 is 10.2 Å². The fourth-order valence-corrected chi connectivity index (χ4v) is 2.37. The number of aromatic nitrogens is 5. The molecule has 0 spiro atoms. The molecule has 9 nitrogen and oxygen atoms in total. The Morgan fingerprint density at radius 1 is 1.41 bits per heavy atom. The monoisotopic (exact) mass is 305 g/mol. The molecule has 0 radical (unpaired) electrons. The van der Waals surface area contributed by atoms with Crippen LogP contribution in [-0.2, 0) is 4.74 Å². The van der Waals surface area contributed by atoms with E-state index in [1.807, 2.05) is 32.9 Å². The van der Waals surface area contributed by atoms with Gasteiger partial charge in [-0.3, -0.25) is 0 Å². The highest BCUT2D eigenvalue weighted by Gasteiger charge is 2.27. The average Bonchev–Trinajstić information content (AvgIpc) is 3.03. The quantitative estimate of drug-likeness (QED) is 0.868. The van der Waals surface area contributed by atoms with Crippen LogP contribution in [0, 0.1) is 0 Å². The third kappa shape index (κ3) is 3.23. The summed E-state index contributed by atoms with van der Waals surface area (Å²) in [6.07, 6.45) is 0.456. The number of carbonyl (C=O) groups excluding carboxylic acids is 1. The van der Waals surface area contributed by atoms with E-state index in [2.05, 4.69) is 30.8 Å². The summed E-state index contributed by atoms with van der Waals surface area (Å²) in [6.45, 7) is 7.03. The maximum absolute atomic E-state index is 11.8. The Morgan fingerprint density at radius 2 is 2.23 bits per heavy atom. The lowest BCUT2D eigenvalue weighted by atomic mass is 10.2. The number of ether oxygens (including phenoxy) is 1. The molecule has 3 heterocycles. The maximum atomic E-state index is 11.8. The van der Waals surface area contributed by atoms with Gasteiger partial charge in [-0.05, 0) is 49.8 Å². The Hall–Kier alpha value is -2.45. The summed E-state index contributed by atoms with van der Waals surface area (Å²) in [4.78, 5) is 13.9. The van der Waals surface area contributed by atoms with E-state index in [0.717, 1.165) is 18.8 Å². The third-order valence-electron chi connectivity index (χ3n) is 3.29. The van der Waals surface area contributed by atoms with Gasteiger partial charge in [0.15, 0.2) is 11.5 Å². The summed E-state index contributed by atoms with van der Waals surface area (Å²) in [5.74, 6) is 0.785. The van der Waals surface area contributed by atoms with Crippen LogP contribution in [0.15, 0.2) is 12.1 Å². The zero-order valence-electron chi connectivity index (χ0n) is 12.9. The second-order valence-corrected chi connectivity index (χ2v) is 6.30. The molecular formula is C13H19N7O2. The fourth-order valence-electron chi connectivity index (χ4n) is 2.37. The summed E-state index contributed by atoms with van der Waals surface area (Å²) in [5, 5.41) is 18.4. The predicted octanol–water partition coefficient (Wildman–Crippen LogP) is 0.623. The van der Waals surface area contributed by atoms with E-state index in [-0.39, 0.29) is 12.1 Å². The van der Waals surface area contributed by atoms with Gasteiger partial charge < -0.3 is 15.0 Å². The third-order valence-corrected chi connectivity index (χ3v) is 3.29. The molecule has 1 atom stereocenters. The van der Waals surface area contributed by atoms with Crippen LogP contribution in [0.1, 0.15) is 27.2 Å². The summed E-state index contributed by atoms with van der Waals surface area (Å²) in [7, 11) is 0. The molecule has 1 aliphatic rings. The molecule has 1 unspecified atom stereocenters. The summed E-state index contributed by atoms with van der Waals surface area (Å²) < 4.78 is 6.67.